The second-order valence-corrected chi connectivity index (χ2v) is 8.80. The van der Waals surface area contributed by atoms with Gasteiger partial charge in [0.05, 0.1) is 14.2 Å². The van der Waals surface area contributed by atoms with Gasteiger partial charge in [-0.2, -0.15) is 0 Å². The summed E-state index contributed by atoms with van der Waals surface area (Å²) < 4.78 is 11.5. The molecule has 0 aliphatic heterocycles. The van der Waals surface area contributed by atoms with Crippen LogP contribution in [0.3, 0.4) is 0 Å². The van der Waals surface area contributed by atoms with Crippen molar-refractivity contribution >= 4 is 11.6 Å². The minimum absolute atomic E-state index is 0.0220. The Balaban J connectivity index is 1.45. The first kappa shape index (κ1) is 24.7. The van der Waals surface area contributed by atoms with Crippen molar-refractivity contribution in [3.05, 3.63) is 144 Å². The Bertz CT molecular complexity index is 1450. The fraction of sp³-hybridized carbons (Fsp3) is 0.0588. The maximum Gasteiger partial charge on any atom is 0.193 e. The fourth-order valence-electron chi connectivity index (χ4n) is 4.46. The molecule has 5 aromatic carbocycles. The third-order valence-electron chi connectivity index (χ3n) is 6.51. The second-order valence-electron chi connectivity index (χ2n) is 8.80. The molecular formula is C34H26O4. The molecule has 0 aromatic heterocycles. The number of ether oxygens (including phenoxy) is 2. The molecule has 0 spiro atoms. The fourth-order valence-corrected chi connectivity index (χ4v) is 4.46. The molecule has 4 nitrogen and oxygen atoms in total. The number of carbonyl (C=O) groups is 2. The van der Waals surface area contributed by atoms with E-state index >= 15 is 0 Å². The summed E-state index contributed by atoms with van der Waals surface area (Å²) in [6.45, 7) is 0. The van der Waals surface area contributed by atoms with Crippen LogP contribution in [0.25, 0.3) is 22.3 Å². The largest absolute Gasteiger partial charge is 0.496 e. The van der Waals surface area contributed by atoms with Crippen LogP contribution in [0.1, 0.15) is 31.8 Å². The van der Waals surface area contributed by atoms with E-state index in [1.807, 2.05) is 121 Å². The summed E-state index contributed by atoms with van der Waals surface area (Å²) in [5.41, 5.74) is 6.05. The number of ketones is 2. The van der Waals surface area contributed by atoms with Gasteiger partial charge in [-0.1, -0.05) is 109 Å². The van der Waals surface area contributed by atoms with Crippen molar-refractivity contribution in [2.45, 2.75) is 0 Å². The highest BCUT2D eigenvalue weighted by Gasteiger charge is 2.16. The third-order valence-corrected chi connectivity index (χ3v) is 6.51. The van der Waals surface area contributed by atoms with Crippen molar-refractivity contribution in [1.82, 2.24) is 0 Å². The summed E-state index contributed by atoms with van der Waals surface area (Å²) in [6.07, 6.45) is 0. The van der Waals surface area contributed by atoms with Crippen LogP contribution in [0.15, 0.2) is 121 Å². The van der Waals surface area contributed by atoms with Crippen LogP contribution in [0.5, 0.6) is 11.5 Å². The molecule has 5 rings (SSSR count). The molecule has 0 unspecified atom stereocenters. The molecule has 186 valence electrons. The van der Waals surface area contributed by atoms with Crippen molar-refractivity contribution < 1.29 is 19.1 Å². The number of benzene rings is 5. The molecule has 5 aromatic rings. The van der Waals surface area contributed by atoms with Gasteiger partial charge in [0.25, 0.3) is 0 Å². The van der Waals surface area contributed by atoms with Crippen LogP contribution in [0.2, 0.25) is 0 Å². The molecule has 38 heavy (non-hydrogen) atoms. The summed E-state index contributed by atoms with van der Waals surface area (Å²) in [5, 5.41) is 0. The number of methoxy groups -OCH3 is 2. The van der Waals surface area contributed by atoms with E-state index in [0.29, 0.717) is 33.8 Å². The predicted octanol–water partition coefficient (Wildman–Crippen LogP) is 7.50. The molecule has 0 atom stereocenters. The molecule has 0 saturated heterocycles. The Morgan fingerprint density at radius 3 is 1.08 bits per heavy atom. The smallest absolute Gasteiger partial charge is 0.193 e. The zero-order valence-electron chi connectivity index (χ0n) is 21.2. The topological polar surface area (TPSA) is 52.6 Å². The van der Waals surface area contributed by atoms with Crippen LogP contribution >= 0.6 is 0 Å². The zero-order valence-corrected chi connectivity index (χ0v) is 21.2. The molecule has 0 heterocycles. The summed E-state index contributed by atoms with van der Waals surface area (Å²) in [6, 6.07) is 37.3. The Hall–Kier alpha value is -4.96. The molecule has 0 bridgehead atoms. The average Bonchev–Trinajstić information content (AvgIpc) is 3.00. The number of rotatable bonds is 8. The molecule has 0 radical (unpaired) electrons. The highest BCUT2D eigenvalue weighted by atomic mass is 16.5. The summed E-state index contributed by atoms with van der Waals surface area (Å²) in [5.74, 6) is 1.30. The van der Waals surface area contributed by atoms with Crippen LogP contribution in [0.4, 0.5) is 0 Å². The minimum Gasteiger partial charge on any atom is -0.496 e. The Labute approximate surface area is 222 Å². The molecular weight excluding hydrogens is 472 g/mol. The SMILES string of the molecule is COc1cc(-c2ccc(C(=O)c3ccccc3)cc2)c(OC)cc1-c1ccc(C(=O)c2ccccc2)cc1. The first-order valence-corrected chi connectivity index (χ1v) is 12.3. The van der Waals surface area contributed by atoms with Crippen LogP contribution < -0.4 is 9.47 Å². The van der Waals surface area contributed by atoms with Gasteiger partial charge in [-0.25, -0.2) is 0 Å². The van der Waals surface area contributed by atoms with E-state index < -0.39 is 0 Å². The van der Waals surface area contributed by atoms with Gasteiger partial charge >= 0.3 is 0 Å². The standard InChI is InChI=1S/C34H26O4/c1-37-31-21-30(24-15-19-28(20-16-24)34(36)26-11-7-4-8-12-26)32(38-2)22-29(31)23-13-17-27(18-14-23)33(35)25-9-5-3-6-10-25/h3-22H,1-2H3. The minimum atomic E-state index is -0.0220. The van der Waals surface area contributed by atoms with Crippen molar-refractivity contribution in [2.24, 2.45) is 0 Å². The van der Waals surface area contributed by atoms with Crippen LogP contribution in [-0.4, -0.2) is 25.8 Å². The van der Waals surface area contributed by atoms with Gasteiger partial charge in [-0.15, -0.1) is 0 Å². The van der Waals surface area contributed by atoms with Crippen LogP contribution in [0, 0.1) is 0 Å². The first-order valence-electron chi connectivity index (χ1n) is 12.3. The number of hydrogen-bond acceptors (Lipinski definition) is 4. The van der Waals surface area contributed by atoms with E-state index in [1.165, 1.54) is 0 Å². The average molecular weight is 499 g/mol. The Morgan fingerprint density at radius 2 is 0.763 bits per heavy atom. The predicted molar refractivity (Wildman–Crippen MR) is 150 cm³/mol. The normalized spacial score (nSPS) is 10.6. The van der Waals surface area contributed by atoms with Gasteiger partial charge < -0.3 is 9.47 Å². The van der Waals surface area contributed by atoms with Crippen molar-refractivity contribution in [2.75, 3.05) is 14.2 Å². The maximum absolute atomic E-state index is 12.8. The Morgan fingerprint density at radius 1 is 0.447 bits per heavy atom. The van der Waals surface area contributed by atoms with E-state index in [4.69, 9.17) is 9.47 Å². The van der Waals surface area contributed by atoms with Gasteiger partial charge in [0.1, 0.15) is 11.5 Å². The van der Waals surface area contributed by atoms with Gasteiger partial charge in [0.2, 0.25) is 0 Å². The van der Waals surface area contributed by atoms with Crippen LogP contribution in [-0.2, 0) is 0 Å². The van der Waals surface area contributed by atoms with E-state index in [9.17, 15) is 9.59 Å². The van der Waals surface area contributed by atoms with Gasteiger partial charge in [0.15, 0.2) is 11.6 Å². The van der Waals surface area contributed by atoms with Crippen molar-refractivity contribution in [3.8, 4) is 33.8 Å². The van der Waals surface area contributed by atoms with E-state index in [1.54, 1.807) is 14.2 Å². The van der Waals surface area contributed by atoms with E-state index in [2.05, 4.69) is 0 Å². The van der Waals surface area contributed by atoms with E-state index in [0.717, 1.165) is 22.3 Å². The number of carbonyl (C=O) groups excluding carboxylic acids is 2. The molecule has 0 N–H and O–H groups in total. The summed E-state index contributed by atoms with van der Waals surface area (Å²) in [4.78, 5) is 25.6. The lowest BCUT2D eigenvalue weighted by Crippen LogP contribution is -2.01. The lowest BCUT2D eigenvalue weighted by Gasteiger charge is -2.16. The van der Waals surface area contributed by atoms with Gasteiger partial charge in [-0.3, -0.25) is 9.59 Å². The van der Waals surface area contributed by atoms with Crippen molar-refractivity contribution in [1.29, 1.82) is 0 Å². The lowest BCUT2D eigenvalue weighted by atomic mass is 9.95. The third kappa shape index (κ3) is 4.97. The zero-order chi connectivity index (χ0) is 26.5. The highest BCUT2D eigenvalue weighted by molar-refractivity contribution is 6.09. The first-order chi connectivity index (χ1) is 18.6. The van der Waals surface area contributed by atoms with Gasteiger partial charge in [0, 0.05) is 33.4 Å². The van der Waals surface area contributed by atoms with Crippen molar-refractivity contribution in [3.63, 3.8) is 0 Å². The summed E-state index contributed by atoms with van der Waals surface area (Å²) >= 11 is 0. The second kappa shape index (κ2) is 11.0. The molecule has 0 saturated carbocycles. The Kier molecular flexibility index (Phi) is 7.14. The summed E-state index contributed by atoms with van der Waals surface area (Å²) in [7, 11) is 3.26. The quantitative estimate of drug-likeness (QED) is 0.208. The molecule has 0 aliphatic rings. The highest BCUT2D eigenvalue weighted by Crippen LogP contribution is 2.41. The molecule has 0 amide bonds. The van der Waals surface area contributed by atoms with Gasteiger partial charge in [-0.05, 0) is 23.3 Å². The molecule has 4 heteroatoms. The van der Waals surface area contributed by atoms with E-state index in [-0.39, 0.29) is 11.6 Å². The monoisotopic (exact) mass is 498 g/mol. The lowest BCUT2D eigenvalue weighted by molar-refractivity contribution is 0.103. The molecule has 0 aliphatic carbocycles. The molecule has 0 fully saturated rings. The number of hydrogen-bond donors (Lipinski definition) is 0. The maximum atomic E-state index is 12.8.